The number of nitrogens with one attached hydrogen (secondary N) is 2. The van der Waals surface area contributed by atoms with Gasteiger partial charge in [-0.2, -0.15) is 0 Å². The van der Waals surface area contributed by atoms with Gasteiger partial charge in [0.25, 0.3) is 5.91 Å². The van der Waals surface area contributed by atoms with Crippen LogP contribution in [0, 0.1) is 13.8 Å². The van der Waals surface area contributed by atoms with Gasteiger partial charge in [0.1, 0.15) is 11.3 Å². The van der Waals surface area contributed by atoms with Crippen molar-refractivity contribution in [2.24, 2.45) is 0 Å². The number of aromatic nitrogens is 1. The van der Waals surface area contributed by atoms with Crippen molar-refractivity contribution in [2.75, 3.05) is 5.32 Å². The van der Waals surface area contributed by atoms with Crippen LogP contribution in [-0.2, 0) is 0 Å². The van der Waals surface area contributed by atoms with E-state index in [0.29, 0.717) is 28.3 Å². The summed E-state index contributed by atoms with van der Waals surface area (Å²) in [6.45, 7) is 3.95. The molecule has 0 unspecified atom stereocenters. The molecule has 0 aliphatic heterocycles. The third-order valence-electron chi connectivity index (χ3n) is 5.54. The molecule has 3 N–H and O–H groups in total. The van der Waals surface area contributed by atoms with E-state index in [9.17, 15) is 9.90 Å². The Morgan fingerprint density at radius 1 is 0.971 bits per heavy atom. The Hall–Kier alpha value is -4.23. The van der Waals surface area contributed by atoms with Crippen LogP contribution in [0.1, 0.15) is 21.5 Å². The zero-order valence-electron chi connectivity index (χ0n) is 18.5. The van der Waals surface area contributed by atoms with Crippen LogP contribution in [0.4, 0.5) is 5.69 Å². The average molecular weight is 468 g/mol. The van der Waals surface area contributed by atoms with Gasteiger partial charge in [0, 0.05) is 11.3 Å². The molecular weight excluding hydrogens is 446 g/mol. The maximum atomic E-state index is 12.7. The summed E-state index contributed by atoms with van der Waals surface area (Å²) in [7, 11) is 0. The molecule has 34 heavy (non-hydrogen) atoms. The predicted octanol–water partition coefficient (Wildman–Crippen LogP) is 6.10. The fourth-order valence-electron chi connectivity index (χ4n) is 3.95. The number of phenols is 1. The Morgan fingerprint density at radius 3 is 2.59 bits per heavy atom. The lowest BCUT2D eigenvalue weighted by Crippen LogP contribution is -2.34. The molecule has 0 spiro atoms. The molecule has 168 valence electrons. The molecule has 6 nitrogen and oxygen atoms in total. The summed E-state index contributed by atoms with van der Waals surface area (Å²) in [6, 6.07) is 22.1. The first-order valence-electron chi connectivity index (χ1n) is 10.7. The summed E-state index contributed by atoms with van der Waals surface area (Å²) in [5.41, 5.74) is 4.96. The summed E-state index contributed by atoms with van der Waals surface area (Å²) >= 11 is 5.34. The molecule has 4 aromatic carbocycles. The molecule has 7 heteroatoms. The van der Waals surface area contributed by atoms with Gasteiger partial charge in [0.2, 0.25) is 5.89 Å². The van der Waals surface area contributed by atoms with E-state index in [1.165, 1.54) is 6.07 Å². The van der Waals surface area contributed by atoms with Crippen LogP contribution in [-0.4, -0.2) is 21.1 Å². The highest BCUT2D eigenvalue weighted by Gasteiger charge is 2.16. The second-order valence-corrected chi connectivity index (χ2v) is 8.56. The zero-order valence-corrected chi connectivity index (χ0v) is 19.4. The molecular formula is C27H21N3O3S. The second-order valence-electron chi connectivity index (χ2n) is 8.15. The molecule has 0 fully saturated rings. The van der Waals surface area contributed by atoms with Gasteiger partial charge in [0.15, 0.2) is 10.7 Å². The van der Waals surface area contributed by atoms with Crippen molar-refractivity contribution in [3.05, 3.63) is 89.5 Å². The first-order chi connectivity index (χ1) is 16.4. The SMILES string of the molecule is Cc1cc(C)c2oc(-c3cc(NC(=S)NC(=O)c4ccc5ccccc5c4)ccc3O)nc2c1. The number of rotatable bonds is 3. The Bertz CT molecular complexity index is 1590. The van der Waals surface area contributed by atoms with E-state index in [2.05, 4.69) is 15.6 Å². The maximum Gasteiger partial charge on any atom is 0.257 e. The lowest BCUT2D eigenvalue weighted by molar-refractivity contribution is 0.0978. The number of nitrogens with zero attached hydrogens (tertiary/aromatic N) is 1. The van der Waals surface area contributed by atoms with E-state index in [4.69, 9.17) is 16.6 Å². The highest BCUT2D eigenvalue weighted by Crippen LogP contribution is 2.34. The minimum absolute atomic E-state index is 0.0256. The quantitative estimate of drug-likeness (QED) is 0.220. The van der Waals surface area contributed by atoms with E-state index in [-0.39, 0.29) is 16.8 Å². The zero-order chi connectivity index (χ0) is 23.8. The van der Waals surface area contributed by atoms with Crippen molar-refractivity contribution in [1.29, 1.82) is 0 Å². The van der Waals surface area contributed by atoms with Crippen molar-refractivity contribution >= 4 is 50.8 Å². The van der Waals surface area contributed by atoms with Crippen LogP contribution in [0.5, 0.6) is 5.75 Å². The molecule has 0 bridgehead atoms. The Labute approximate surface area is 201 Å². The largest absolute Gasteiger partial charge is 0.507 e. The smallest absolute Gasteiger partial charge is 0.257 e. The topological polar surface area (TPSA) is 87.4 Å². The summed E-state index contributed by atoms with van der Waals surface area (Å²) < 4.78 is 5.94. The van der Waals surface area contributed by atoms with Gasteiger partial charge in [-0.05, 0) is 84.4 Å². The number of oxazole rings is 1. The van der Waals surface area contributed by atoms with Crippen molar-refractivity contribution in [1.82, 2.24) is 10.3 Å². The number of anilines is 1. The minimum Gasteiger partial charge on any atom is -0.507 e. The van der Waals surface area contributed by atoms with Gasteiger partial charge in [0.05, 0.1) is 5.56 Å². The van der Waals surface area contributed by atoms with Crippen molar-refractivity contribution in [3.63, 3.8) is 0 Å². The summed E-state index contributed by atoms with van der Waals surface area (Å²) in [4.78, 5) is 17.2. The van der Waals surface area contributed by atoms with Crippen LogP contribution >= 0.6 is 12.2 Å². The predicted molar refractivity (Wildman–Crippen MR) is 138 cm³/mol. The van der Waals surface area contributed by atoms with Crippen LogP contribution in [0.2, 0.25) is 0 Å². The van der Waals surface area contributed by atoms with E-state index < -0.39 is 0 Å². The molecule has 1 amide bonds. The van der Waals surface area contributed by atoms with Crippen LogP contribution in [0.3, 0.4) is 0 Å². The molecule has 5 aromatic rings. The Balaban J connectivity index is 1.35. The minimum atomic E-state index is -0.313. The standard InChI is InChI=1S/C27H21N3O3S/c1-15-11-16(2)24-22(12-15)29-26(33-24)21-14-20(9-10-23(21)31)28-27(34)30-25(32)19-8-7-17-5-3-4-6-18(17)13-19/h3-14,31H,1-2H3,(H2,28,30,32,34). The van der Waals surface area contributed by atoms with Crippen LogP contribution in [0.25, 0.3) is 33.3 Å². The number of aryl methyl sites for hydroxylation is 2. The van der Waals surface area contributed by atoms with E-state index in [0.717, 1.165) is 27.4 Å². The molecule has 0 aliphatic carbocycles. The maximum absolute atomic E-state index is 12.7. The third kappa shape index (κ3) is 4.21. The second kappa shape index (κ2) is 8.61. The summed E-state index contributed by atoms with van der Waals surface area (Å²) in [5.74, 6) is 0.0145. The lowest BCUT2D eigenvalue weighted by atomic mass is 10.1. The number of phenolic OH excluding ortho intramolecular Hbond substituents is 1. The number of amides is 1. The van der Waals surface area contributed by atoms with Crippen molar-refractivity contribution < 1.29 is 14.3 Å². The average Bonchev–Trinajstić information content (AvgIpc) is 3.24. The van der Waals surface area contributed by atoms with Gasteiger partial charge >= 0.3 is 0 Å². The summed E-state index contributed by atoms with van der Waals surface area (Å²) in [6.07, 6.45) is 0. The molecule has 1 aromatic heterocycles. The van der Waals surface area contributed by atoms with Crippen molar-refractivity contribution in [3.8, 4) is 17.2 Å². The monoisotopic (exact) mass is 467 g/mol. The number of carbonyl (C=O) groups is 1. The van der Waals surface area contributed by atoms with Gasteiger partial charge in [-0.1, -0.05) is 36.4 Å². The van der Waals surface area contributed by atoms with Gasteiger partial charge in [-0.25, -0.2) is 4.98 Å². The molecule has 0 radical (unpaired) electrons. The van der Waals surface area contributed by atoms with E-state index in [1.807, 2.05) is 62.4 Å². The van der Waals surface area contributed by atoms with Gasteiger partial charge in [-0.15, -0.1) is 0 Å². The number of hydrogen-bond acceptors (Lipinski definition) is 5. The molecule has 1 heterocycles. The Kier molecular flexibility index (Phi) is 5.47. The number of benzene rings is 4. The van der Waals surface area contributed by atoms with Crippen LogP contribution < -0.4 is 10.6 Å². The van der Waals surface area contributed by atoms with E-state index in [1.54, 1.807) is 18.2 Å². The third-order valence-corrected chi connectivity index (χ3v) is 5.75. The fraction of sp³-hybridized carbons (Fsp3) is 0.0741. The number of aromatic hydroxyl groups is 1. The first kappa shape index (κ1) is 21.6. The first-order valence-corrected chi connectivity index (χ1v) is 11.1. The highest BCUT2D eigenvalue weighted by molar-refractivity contribution is 7.80. The normalized spacial score (nSPS) is 11.0. The fourth-order valence-corrected chi connectivity index (χ4v) is 4.16. The van der Waals surface area contributed by atoms with Crippen molar-refractivity contribution in [2.45, 2.75) is 13.8 Å². The van der Waals surface area contributed by atoms with Crippen LogP contribution in [0.15, 0.2) is 77.2 Å². The lowest BCUT2D eigenvalue weighted by Gasteiger charge is -2.11. The molecule has 0 aliphatic rings. The number of fused-ring (bicyclic) bond motifs is 2. The molecule has 5 rings (SSSR count). The van der Waals surface area contributed by atoms with Gasteiger partial charge in [-0.3, -0.25) is 10.1 Å². The number of hydrogen-bond donors (Lipinski definition) is 3. The Morgan fingerprint density at radius 2 is 1.76 bits per heavy atom. The number of thiocarbonyl (C=S) groups is 1. The molecule has 0 saturated heterocycles. The van der Waals surface area contributed by atoms with E-state index >= 15 is 0 Å². The summed E-state index contributed by atoms with van der Waals surface area (Å²) in [5, 5.41) is 18.3. The number of carbonyl (C=O) groups excluding carboxylic acids is 1. The highest BCUT2D eigenvalue weighted by atomic mass is 32.1. The van der Waals surface area contributed by atoms with Gasteiger partial charge < -0.3 is 14.8 Å². The molecule has 0 atom stereocenters. The molecule has 0 saturated carbocycles.